The van der Waals surface area contributed by atoms with Crippen LogP contribution in [0.2, 0.25) is 0 Å². The number of rotatable bonds is 4. The maximum atomic E-state index is 11.9. The molecule has 106 valence electrons. The fourth-order valence-corrected chi connectivity index (χ4v) is 2.47. The second-order valence-corrected chi connectivity index (χ2v) is 5.18. The summed E-state index contributed by atoms with van der Waals surface area (Å²) in [5, 5.41) is 4.16. The molecule has 1 fully saturated rings. The lowest BCUT2D eigenvalue weighted by molar-refractivity contribution is 0.0524. The molecule has 2 unspecified atom stereocenters. The SMILES string of the molecule is CCOC(=O)c1cnn(C)c1CN1CC(C)C(N)C1. The first-order chi connectivity index (χ1) is 9.02. The van der Waals surface area contributed by atoms with Crippen LogP contribution in [0.3, 0.4) is 0 Å². The summed E-state index contributed by atoms with van der Waals surface area (Å²) in [6, 6.07) is 0.208. The summed E-state index contributed by atoms with van der Waals surface area (Å²) in [7, 11) is 1.84. The highest BCUT2D eigenvalue weighted by atomic mass is 16.5. The van der Waals surface area contributed by atoms with Crippen molar-refractivity contribution < 1.29 is 9.53 Å². The van der Waals surface area contributed by atoms with E-state index in [2.05, 4.69) is 16.9 Å². The minimum atomic E-state index is -0.304. The lowest BCUT2D eigenvalue weighted by Gasteiger charge is -2.16. The van der Waals surface area contributed by atoms with Crippen LogP contribution in [0.15, 0.2) is 6.20 Å². The molecule has 2 rings (SSSR count). The third-order valence-electron chi connectivity index (χ3n) is 3.68. The van der Waals surface area contributed by atoms with Gasteiger partial charge >= 0.3 is 5.97 Å². The largest absolute Gasteiger partial charge is 0.462 e. The van der Waals surface area contributed by atoms with Crippen LogP contribution in [0, 0.1) is 5.92 Å². The van der Waals surface area contributed by atoms with Gasteiger partial charge in [-0.2, -0.15) is 5.10 Å². The van der Waals surface area contributed by atoms with E-state index in [9.17, 15) is 4.79 Å². The van der Waals surface area contributed by atoms with Crippen molar-refractivity contribution in [3.05, 3.63) is 17.5 Å². The molecule has 0 saturated carbocycles. The van der Waals surface area contributed by atoms with Gasteiger partial charge in [-0.05, 0) is 12.8 Å². The zero-order chi connectivity index (χ0) is 14.0. The van der Waals surface area contributed by atoms with Gasteiger partial charge in [-0.25, -0.2) is 4.79 Å². The molecule has 6 heteroatoms. The third-order valence-corrected chi connectivity index (χ3v) is 3.68. The van der Waals surface area contributed by atoms with Gasteiger partial charge in [0.15, 0.2) is 0 Å². The Kier molecular flexibility index (Phi) is 4.21. The molecule has 0 amide bonds. The fraction of sp³-hybridized carbons (Fsp3) is 0.692. The van der Waals surface area contributed by atoms with Crippen molar-refractivity contribution in [3.8, 4) is 0 Å². The van der Waals surface area contributed by atoms with Gasteiger partial charge in [-0.3, -0.25) is 9.58 Å². The van der Waals surface area contributed by atoms with Crippen molar-refractivity contribution in [1.82, 2.24) is 14.7 Å². The van der Waals surface area contributed by atoms with Gasteiger partial charge in [0.05, 0.1) is 18.5 Å². The van der Waals surface area contributed by atoms with Crippen molar-refractivity contribution in [2.75, 3.05) is 19.7 Å². The number of ether oxygens (including phenoxy) is 1. The fourth-order valence-electron chi connectivity index (χ4n) is 2.47. The Hall–Kier alpha value is -1.40. The van der Waals surface area contributed by atoms with E-state index in [0.29, 0.717) is 24.6 Å². The molecule has 1 saturated heterocycles. The minimum Gasteiger partial charge on any atom is -0.462 e. The van der Waals surface area contributed by atoms with Gasteiger partial charge in [-0.1, -0.05) is 6.92 Å². The van der Waals surface area contributed by atoms with Crippen LogP contribution in [0.1, 0.15) is 29.9 Å². The standard InChI is InChI=1S/C13H22N4O2/c1-4-19-13(18)10-5-15-16(3)12(10)8-17-6-9(2)11(14)7-17/h5,9,11H,4,6-8,14H2,1-3H3. The Morgan fingerprint density at radius 3 is 2.89 bits per heavy atom. The number of nitrogens with two attached hydrogens (primary N) is 1. The predicted octanol–water partition coefficient (Wildman–Crippen LogP) is 0.376. The summed E-state index contributed by atoms with van der Waals surface area (Å²) in [6.07, 6.45) is 1.58. The van der Waals surface area contributed by atoms with E-state index in [1.54, 1.807) is 17.8 Å². The molecule has 1 aromatic heterocycles. The summed E-state index contributed by atoms with van der Waals surface area (Å²) in [4.78, 5) is 14.1. The molecule has 2 heterocycles. The van der Waals surface area contributed by atoms with Crippen LogP contribution in [-0.4, -0.2) is 46.4 Å². The number of nitrogens with zero attached hydrogens (tertiary/aromatic N) is 3. The highest BCUT2D eigenvalue weighted by Crippen LogP contribution is 2.19. The van der Waals surface area contributed by atoms with Crippen LogP contribution in [0.5, 0.6) is 0 Å². The van der Waals surface area contributed by atoms with E-state index < -0.39 is 0 Å². The average Bonchev–Trinajstić information content (AvgIpc) is 2.85. The van der Waals surface area contributed by atoms with Gasteiger partial charge < -0.3 is 10.5 Å². The molecule has 19 heavy (non-hydrogen) atoms. The summed E-state index contributed by atoms with van der Waals surface area (Å²) < 4.78 is 6.79. The number of hydrogen-bond acceptors (Lipinski definition) is 5. The molecule has 1 aliphatic rings. The number of carbonyl (C=O) groups excluding carboxylic acids is 1. The summed E-state index contributed by atoms with van der Waals surface area (Å²) in [5.74, 6) is 0.182. The Bertz CT molecular complexity index is 447. The molecular formula is C13H22N4O2. The van der Waals surface area contributed by atoms with Crippen LogP contribution in [-0.2, 0) is 18.3 Å². The van der Waals surface area contributed by atoms with Crippen LogP contribution in [0.25, 0.3) is 0 Å². The Balaban J connectivity index is 2.12. The maximum Gasteiger partial charge on any atom is 0.341 e. The monoisotopic (exact) mass is 266 g/mol. The van der Waals surface area contributed by atoms with Gasteiger partial charge in [0, 0.05) is 32.7 Å². The Morgan fingerprint density at radius 1 is 1.58 bits per heavy atom. The highest BCUT2D eigenvalue weighted by Gasteiger charge is 2.28. The van der Waals surface area contributed by atoms with Gasteiger partial charge in [0.2, 0.25) is 0 Å². The predicted molar refractivity (Wildman–Crippen MR) is 71.6 cm³/mol. The molecule has 0 bridgehead atoms. The number of aromatic nitrogens is 2. The topological polar surface area (TPSA) is 73.4 Å². The normalized spacial score (nSPS) is 23.8. The molecule has 0 spiro atoms. The van der Waals surface area contributed by atoms with Crippen molar-refractivity contribution in [2.45, 2.75) is 26.4 Å². The molecule has 0 radical (unpaired) electrons. The van der Waals surface area contributed by atoms with Crippen molar-refractivity contribution in [3.63, 3.8) is 0 Å². The number of likely N-dealkylation sites (tertiary alicyclic amines) is 1. The molecule has 0 aromatic carbocycles. The number of carbonyl (C=O) groups is 1. The summed E-state index contributed by atoms with van der Waals surface area (Å²) >= 11 is 0. The van der Waals surface area contributed by atoms with Crippen molar-refractivity contribution in [2.24, 2.45) is 18.7 Å². The van der Waals surface area contributed by atoms with E-state index >= 15 is 0 Å². The summed E-state index contributed by atoms with van der Waals surface area (Å²) in [5.41, 5.74) is 7.47. The Labute approximate surface area is 113 Å². The number of esters is 1. The highest BCUT2D eigenvalue weighted by molar-refractivity contribution is 5.90. The molecule has 2 N–H and O–H groups in total. The van der Waals surface area contributed by atoms with E-state index in [1.807, 2.05) is 7.05 Å². The number of aryl methyl sites for hydroxylation is 1. The second kappa shape index (κ2) is 5.71. The lowest BCUT2D eigenvalue weighted by Crippen LogP contribution is -2.29. The third kappa shape index (κ3) is 2.96. The summed E-state index contributed by atoms with van der Waals surface area (Å²) in [6.45, 7) is 6.82. The second-order valence-electron chi connectivity index (χ2n) is 5.18. The van der Waals surface area contributed by atoms with Gasteiger partial charge in [0.1, 0.15) is 5.56 Å². The van der Waals surface area contributed by atoms with E-state index in [1.165, 1.54) is 0 Å². The zero-order valence-corrected chi connectivity index (χ0v) is 11.8. The van der Waals surface area contributed by atoms with Gasteiger partial charge in [0.25, 0.3) is 0 Å². The first-order valence-electron chi connectivity index (χ1n) is 6.68. The van der Waals surface area contributed by atoms with E-state index in [-0.39, 0.29) is 12.0 Å². The molecule has 1 aliphatic heterocycles. The minimum absolute atomic E-state index is 0.208. The lowest BCUT2D eigenvalue weighted by atomic mass is 10.1. The number of hydrogen-bond donors (Lipinski definition) is 1. The molecule has 1 aromatic rings. The van der Waals surface area contributed by atoms with E-state index in [0.717, 1.165) is 18.8 Å². The smallest absolute Gasteiger partial charge is 0.341 e. The van der Waals surface area contributed by atoms with Crippen LogP contribution >= 0.6 is 0 Å². The molecule has 0 aliphatic carbocycles. The maximum absolute atomic E-state index is 11.9. The van der Waals surface area contributed by atoms with E-state index in [4.69, 9.17) is 10.5 Å². The first kappa shape index (κ1) is 14.0. The average molecular weight is 266 g/mol. The van der Waals surface area contributed by atoms with Crippen LogP contribution < -0.4 is 5.73 Å². The molecular weight excluding hydrogens is 244 g/mol. The molecule has 6 nitrogen and oxygen atoms in total. The van der Waals surface area contributed by atoms with Gasteiger partial charge in [-0.15, -0.1) is 0 Å². The Morgan fingerprint density at radius 2 is 2.32 bits per heavy atom. The van der Waals surface area contributed by atoms with Crippen molar-refractivity contribution >= 4 is 5.97 Å². The first-order valence-corrected chi connectivity index (χ1v) is 6.68. The quantitative estimate of drug-likeness (QED) is 0.797. The van der Waals surface area contributed by atoms with Crippen molar-refractivity contribution in [1.29, 1.82) is 0 Å². The zero-order valence-electron chi connectivity index (χ0n) is 11.8. The molecule has 2 atom stereocenters. The van der Waals surface area contributed by atoms with Crippen LogP contribution in [0.4, 0.5) is 0 Å².